The van der Waals surface area contributed by atoms with Crippen molar-refractivity contribution in [3.8, 4) is 28.4 Å². The summed E-state index contributed by atoms with van der Waals surface area (Å²) in [5.41, 5.74) is 2.38. The van der Waals surface area contributed by atoms with Gasteiger partial charge >= 0.3 is 12.0 Å². The average molecular weight is 856 g/mol. The number of fused-ring (bicyclic) bond motifs is 2. The van der Waals surface area contributed by atoms with Crippen LogP contribution >= 0.6 is 0 Å². The van der Waals surface area contributed by atoms with E-state index in [4.69, 9.17) is 14.2 Å². The summed E-state index contributed by atoms with van der Waals surface area (Å²) in [5.74, 6) is -2.44. The van der Waals surface area contributed by atoms with Gasteiger partial charge in [-0.2, -0.15) is 0 Å². The van der Waals surface area contributed by atoms with Crippen molar-refractivity contribution in [1.29, 1.82) is 0 Å². The number of carboxylic acid groups (broad SMARTS) is 1. The van der Waals surface area contributed by atoms with Gasteiger partial charge in [0.1, 0.15) is 23.3 Å². The number of carboxylic acids is 1. The fourth-order valence-corrected chi connectivity index (χ4v) is 8.69. The number of aromatic nitrogens is 1. The SMILES string of the molecule is CNC(=O)N1CCc2c(-c3cc(OC)c(CN4CC(NC(=O)CCCCCOc5cccc6c5C(=O)N(C5CCC(=O)NC5=O)C6=O)C4)c(OC)c3)cn(C)c(=O)c2C1C(=O)O. The first kappa shape index (κ1) is 43.3. The van der Waals surface area contributed by atoms with E-state index >= 15 is 0 Å². The topological polar surface area (TPSA) is 235 Å². The van der Waals surface area contributed by atoms with Crippen molar-refractivity contribution in [2.75, 3.05) is 47.5 Å². The number of piperidine rings is 1. The number of carbonyl (C=O) groups is 7. The van der Waals surface area contributed by atoms with E-state index in [-0.39, 0.29) is 66.8 Å². The summed E-state index contributed by atoms with van der Waals surface area (Å²) in [7, 11) is 6.03. The van der Waals surface area contributed by atoms with Crippen LogP contribution in [0.25, 0.3) is 11.1 Å². The lowest BCUT2D eigenvalue weighted by Gasteiger charge is -2.40. The second kappa shape index (κ2) is 18.1. The highest BCUT2D eigenvalue weighted by Crippen LogP contribution is 2.40. The molecule has 2 saturated heterocycles. The van der Waals surface area contributed by atoms with E-state index in [2.05, 4.69) is 20.9 Å². The fourth-order valence-electron chi connectivity index (χ4n) is 8.69. The Labute approximate surface area is 356 Å². The van der Waals surface area contributed by atoms with Crippen LogP contribution in [-0.4, -0.2) is 126 Å². The van der Waals surface area contributed by atoms with Crippen molar-refractivity contribution in [1.82, 2.24) is 35.2 Å². The normalized spacial score (nSPS) is 18.7. The average Bonchev–Trinajstić information content (AvgIpc) is 3.50. The number of urea groups is 1. The monoisotopic (exact) mass is 855 g/mol. The lowest BCUT2D eigenvalue weighted by molar-refractivity contribution is -0.143. The predicted octanol–water partition coefficient (Wildman–Crippen LogP) is 1.73. The zero-order valence-electron chi connectivity index (χ0n) is 34.9. The predicted molar refractivity (Wildman–Crippen MR) is 220 cm³/mol. The molecule has 4 aliphatic rings. The number of pyridine rings is 1. The van der Waals surface area contributed by atoms with Gasteiger partial charge in [0.05, 0.1) is 49.1 Å². The number of nitrogens with one attached hydrogen (secondary N) is 3. The molecule has 7 amide bonds. The first-order chi connectivity index (χ1) is 29.8. The number of amides is 7. The molecule has 2 atom stereocenters. The Morgan fingerprint density at radius 1 is 0.919 bits per heavy atom. The van der Waals surface area contributed by atoms with Crippen LogP contribution in [0.2, 0.25) is 0 Å². The number of hydrogen-bond acceptors (Lipinski definition) is 12. The van der Waals surface area contributed by atoms with E-state index in [9.17, 15) is 43.5 Å². The van der Waals surface area contributed by atoms with E-state index < -0.39 is 53.3 Å². The minimum absolute atomic E-state index is 0.0293. The highest BCUT2D eigenvalue weighted by molar-refractivity contribution is 6.24. The third kappa shape index (κ3) is 8.31. The Bertz CT molecular complexity index is 2380. The molecule has 2 unspecified atom stereocenters. The van der Waals surface area contributed by atoms with Crippen LogP contribution < -0.4 is 35.7 Å². The van der Waals surface area contributed by atoms with Gasteiger partial charge in [0.15, 0.2) is 6.04 Å². The quantitative estimate of drug-likeness (QED) is 0.126. The van der Waals surface area contributed by atoms with E-state index in [0.29, 0.717) is 73.5 Å². The Hall–Kier alpha value is -6.76. The molecule has 328 valence electrons. The largest absolute Gasteiger partial charge is 0.496 e. The molecule has 19 nitrogen and oxygen atoms in total. The van der Waals surface area contributed by atoms with E-state index in [1.165, 1.54) is 24.7 Å². The molecule has 2 aromatic carbocycles. The van der Waals surface area contributed by atoms with Crippen LogP contribution in [0.1, 0.15) is 82.0 Å². The minimum Gasteiger partial charge on any atom is -0.496 e. The Morgan fingerprint density at radius 3 is 2.31 bits per heavy atom. The standard InChI is InChI=1S/C43H49N7O12/c1-44-43(59)49-15-14-25-27(21-47(2)40(55)36(25)37(49)42(57)58)23-17-31(60-3)28(32(18-23)61-4)22-48-19-24(20-48)45-33(51)11-6-5-7-16-62-30-10-8-9-26-35(30)41(56)50(39(26)54)29-12-13-34(52)46-38(29)53/h8-10,17-18,21,24,29,37H,5-7,11-16,19-20,22H2,1-4H3,(H,44,59)(H,45,51)(H,57,58)(H,46,52,53). The molecule has 62 heavy (non-hydrogen) atoms. The number of nitrogens with zero attached hydrogens (tertiary/aromatic N) is 4. The first-order valence-electron chi connectivity index (χ1n) is 20.4. The van der Waals surface area contributed by atoms with Gasteiger partial charge in [0, 0.05) is 64.9 Å². The molecule has 19 heteroatoms. The molecular formula is C43H49N7O12. The minimum atomic E-state index is -1.46. The maximum atomic E-state index is 13.4. The molecule has 2 fully saturated rings. The zero-order chi connectivity index (χ0) is 44.4. The fraction of sp³-hybridized carbons (Fsp3) is 0.442. The van der Waals surface area contributed by atoms with Gasteiger partial charge in [-0.1, -0.05) is 6.07 Å². The number of aliphatic carboxylic acids is 1. The number of imide groups is 2. The van der Waals surface area contributed by atoms with Crippen LogP contribution in [0.4, 0.5) is 4.79 Å². The van der Waals surface area contributed by atoms with Gasteiger partial charge in [-0.25, -0.2) is 9.59 Å². The Morgan fingerprint density at radius 2 is 1.65 bits per heavy atom. The van der Waals surface area contributed by atoms with Crippen molar-refractivity contribution in [2.45, 2.75) is 69.6 Å². The van der Waals surface area contributed by atoms with Gasteiger partial charge < -0.3 is 39.4 Å². The molecule has 0 bridgehead atoms. The van der Waals surface area contributed by atoms with Crippen LogP contribution in [0, 0.1) is 0 Å². The van der Waals surface area contributed by atoms with E-state index in [0.717, 1.165) is 15.4 Å². The number of hydrogen-bond donors (Lipinski definition) is 4. The third-order valence-corrected chi connectivity index (χ3v) is 11.8. The molecule has 3 aromatic rings. The number of methoxy groups -OCH3 is 2. The zero-order valence-corrected chi connectivity index (χ0v) is 34.9. The van der Waals surface area contributed by atoms with Crippen LogP contribution in [0.5, 0.6) is 17.2 Å². The van der Waals surface area contributed by atoms with Crippen molar-refractivity contribution in [3.63, 3.8) is 0 Å². The van der Waals surface area contributed by atoms with E-state index in [1.54, 1.807) is 32.5 Å². The van der Waals surface area contributed by atoms with Crippen molar-refractivity contribution in [3.05, 3.63) is 74.7 Å². The van der Waals surface area contributed by atoms with Gasteiger partial charge in [-0.15, -0.1) is 0 Å². The van der Waals surface area contributed by atoms with Crippen molar-refractivity contribution < 1.29 is 52.9 Å². The highest BCUT2D eigenvalue weighted by Gasteiger charge is 2.46. The first-order valence-corrected chi connectivity index (χ1v) is 20.4. The summed E-state index contributed by atoms with van der Waals surface area (Å²) >= 11 is 0. The summed E-state index contributed by atoms with van der Waals surface area (Å²) < 4.78 is 18.9. The third-order valence-electron chi connectivity index (χ3n) is 11.8. The lowest BCUT2D eigenvalue weighted by Crippen LogP contribution is -2.58. The Kier molecular flexibility index (Phi) is 12.6. The lowest BCUT2D eigenvalue weighted by atomic mass is 9.87. The molecule has 7 rings (SSSR count). The number of unbranched alkanes of at least 4 members (excludes halogenated alkanes) is 2. The summed E-state index contributed by atoms with van der Waals surface area (Å²) in [4.78, 5) is 106. The van der Waals surface area contributed by atoms with Crippen LogP contribution in [0.15, 0.2) is 41.3 Å². The molecule has 0 aliphatic carbocycles. The second-order valence-electron chi connectivity index (χ2n) is 15.7. The maximum Gasteiger partial charge on any atom is 0.331 e. The molecule has 0 saturated carbocycles. The van der Waals surface area contributed by atoms with Gasteiger partial charge in [-0.3, -0.25) is 43.9 Å². The summed E-state index contributed by atoms with van der Waals surface area (Å²) in [5, 5.41) is 17.9. The van der Waals surface area contributed by atoms with Crippen molar-refractivity contribution in [2.24, 2.45) is 7.05 Å². The molecule has 0 spiro atoms. The van der Waals surface area contributed by atoms with E-state index in [1.807, 2.05) is 12.1 Å². The molecule has 0 radical (unpaired) electrons. The molecule has 4 aliphatic heterocycles. The number of benzene rings is 2. The van der Waals surface area contributed by atoms with Gasteiger partial charge in [0.2, 0.25) is 17.7 Å². The highest BCUT2D eigenvalue weighted by atomic mass is 16.5. The van der Waals surface area contributed by atoms with Crippen molar-refractivity contribution >= 4 is 41.5 Å². The van der Waals surface area contributed by atoms with Gasteiger partial charge in [0.25, 0.3) is 17.4 Å². The number of rotatable bonds is 15. The molecule has 1 aromatic heterocycles. The summed E-state index contributed by atoms with van der Waals surface area (Å²) in [6.45, 7) is 2.01. The van der Waals surface area contributed by atoms with Crippen LogP contribution in [0.3, 0.4) is 0 Å². The second-order valence-corrected chi connectivity index (χ2v) is 15.7. The molecule has 5 heterocycles. The Balaban J connectivity index is 0.898. The number of aryl methyl sites for hydroxylation is 1. The number of ether oxygens (including phenoxy) is 3. The van der Waals surface area contributed by atoms with Gasteiger partial charge in [-0.05, 0) is 67.5 Å². The maximum absolute atomic E-state index is 13.4. The molecule has 4 N–H and O–H groups in total. The summed E-state index contributed by atoms with van der Waals surface area (Å²) in [6, 6.07) is 5.21. The summed E-state index contributed by atoms with van der Waals surface area (Å²) in [6.07, 6.45) is 4.22. The molecular weight excluding hydrogens is 807 g/mol. The smallest absolute Gasteiger partial charge is 0.331 e. The number of likely N-dealkylation sites (tertiary alicyclic amines) is 1. The number of carbonyl (C=O) groups excluding carboxylic acids is 6. The van der Waals surface area contributed by atoms with Crippen LogP contribution in [-0.2, 0) is 39.2 Å².